The van der Waals surface area contributed by atoms with Crippen LogP contribution in [0.5, 0.6) is 0 Å². The van der Waals surface area contributed by atoms with Crippen LogP contribution < -0.4 is 5.32 Å². The fraction of sp³-hybridized carbons (Fsp3) is 0.450. The Morgan fingerprint density at radius 1 is 1.22 bits per heavy atom. The maximum Gasteiger partial charge on any atom is 0.259 e. The number of carbonyl (C=O) groups is 2. The van der Waals surface area contributed by atoms with E-state index in [1.54, 1.807) is 25.8 Å². The minimum Gasteiger partial charge on any atom is -0.361 e. The third-order valence-electron chi connectivity index (χ3n) is 5.11. The standard InChI is InChI=1S/C20H26N4O3/c1-14-18(15(2)27-22-14)20(26)24-12-11-23(17(13-24)19(25)21-3)10-9-16-7-5-4-6-8-16/h4-8,17H,9-13H2,1-3H3,(H,21,25)/t17-/m1/s1. The fourth-order valence-electron chi connectivity index (χ4n) is 3.55. The van der Waals surface area contributed by atoms with Gasteiger partial charge in [-0.15, -0.1) is 0 Å². The molecule has 1 aliphatic rings. The molecule has 1 N–H and O–H groups in total. The van der Waals surface area contributed by atoms with Crippen LogP contribution in [0, 0.1) is 13.8 Å². The molecule has 144 valence electrons. The summed E-state index contributed by atoms with van der Waals surface area (Å²) >= 11 is 0. The third-order valence-corrected chi connectivity index (χ3v) is 5.11. The van der Waals surface area contributed by atoms with E-state index >= 15 is 0 Å². The number of nitrogens with zero attached hydrogens (tertiary/aromatic N) is 3. The Hall–Kier alpha value is -2.67. The fourth-order valence-corrected chi connectivity index (χ4v) is 3.55. The van der Waals surface area contributed by atoms with Gasteiger partial charge in [-0.3, -0.25) is 14.5 Å². The molecule has 7 heteroatoms. The second kappa shape index (κ2) is 8.35. The molecular weight excluding hydrogens is 344 g/mol. The van der Waals surface area contributed by atoms with Gasteiger partial charge in [0.15, 0.2) is 0 Å². The zero-order valence-corrected chi connectivity index (χ0v) is 16.1. The molecule has 1 aromatic carbocycles. The molecule has 0 bridgehead atoms. The number of rotatable bonds is 5. The summed E-state index contributed by atoms with van der Waals surface area (Å²) in [5, 5.41) is 6.60. The number of carbonyl (C=O) groups excluding carboxylic acids is 2. The van der Waals surface area contributed by atoms with Gasteiger partial charge in [-0.2, -0.15) is 0 Å². The maximum absolute atomic E-state index is 12.9. The molecule has 2 amide bonds. The number of nitrogens with one attached hydrogen (secondary N) is 1. The van der Waals surface area contributed by atoms with Gasteiger partial charge in [0.1, 0.15) is 17.4 Å². The summed E-state index contributed by atoms with van der Waals surface area (Å²) in [4.78, 5) is 29.3. The molecule has 0 saturated carbocycles. The van der Waals surface area contributed by atoms with Crippen molar-refractivity contribution < 1.29 is 14.1 Å². The van der Waals surface area contributed by atoms with Crippen molar-refractivity contribution in [1.82, 2.24) is 20.3 Å². The van der Waals surface area contributed by atoms with Crippen molar-refractivity contribution >= 4 is 11.8 Å². The summed E-state index contributed by atoms with van der Waals surface area (Å²) in [6.45, 7) is 5.85. The van der Waals surface area contributed by atoms with E-state index in [0.717, 1.165) is 13.0 Å². The van der Waals surface area contributed by atoms with E-state index in [1.165, 1.54) is 5.56 Å². The van der Waals surface area contributed by atoms with Gasteiger partial charge in [0.05, 0.1) is 5.69 Å². The number of benzene rings is 1. The summed E-state index contributed by atoms with van der Waals surface area (Å²) in [5.41, 5.74) is 2.33. The second-order valence-electron chi connectivity index (χ2n) is 6.85. The van der Waals surface area contributed by atoms with Gasteiger partial charge in [-0.05, 0) is 25.8 Å². The van der Waals surface area contributed by atoms with Gasteiger partial charge in [0, 0.05) is 33.2 Å². The molecule has 0 aliphatic carbocycles. The Morgan fingerprint density at radius 3 is 2.59 bits per heavy atom. The molecular formula is C20H26N4O3. The van der Waals surface area contributed by atoms with Gasteiger partial charge in [-0.1, -0.05) is 35.5 Å². The predicted octanol–water partition coefficient (Wildman–Crippen LogP) is 1.41. The molecule has 1 fully saturated rings. The Morgan fingerprint density at radius 2 is 1.96 bits per heavy atom. The molecule has 3 rings (SSSR count). The number of piperazine rings is 1. The lowest BCUT2D eigenvalue weighted by molar-refractivity contribution is -0.127. The molecule has 0 unspecified atom stereocenters. The first kappa shape index (κ1) is 19.1. The largest absolute Gasteiger partial charge is 0.361 e. The number of hydrogen-bond donors (Lipinski definition) is 1. The smallest absolute Gasteiger partial charge is 0.259 e. The van der Waals surface area contributed by atoms with Crippen LogP contribution in [0.4, 0.5) is 0 Å². The highest BCUT2D eigenvalue weighted by atomic mass is 16.5. The number of amides is 2. The molecule has 2 aromatic rings. The van der Waals surface area contributed by atoms with Crippen molar-refractivity contribution in [2.24, 2.45) is 0 Å². The number of likely N-dealkylation sites (N-methyl/N-ethyl adjacent to an activating group) is 1. The van der Waals surface area contributed by atoms with Crippen LogP contribution in [0.15, 0.2) is 34.9 Å². The lowest BCUT2D eigenvalue weighted by Crippen LogP contribution is -2.60. The van der Waals surface area contributed by atoms with E-state index in [-0.39, 0.29) is 17.9 Å². The second-order valence-corrected chi connectivity index (χ2v) is 6.85. The predicted molar refractivity (Wildman–Crippen MR) is 101 cm³/mol. The van der Waals surface area contributed by atoms with Crippen LogP contribution in [0.25, 0.3) is 0 Å². The lowest BCUT2D eigenvalue weighted by atomic mass is 10.1. The van der Waals surface area contributed by atoms with Crippen LogP contribution in [-0.4, -0.2) is 66.0 Å². The minimum absolute atomic E-state index is 0.0701. The average molecular weight is 370 g/mol. The minimum atomic E-state index is -0.364. The summed E-state index contributed by atoms with van der Waals surface area (Å²) in [7, 11) is 1.63. The highest BCUT2D eigenvalue weighted by Crippen LogP contribution is 2.19. The average Bonchev–Trinajstić information content (AvgIpc) is 3.04. The van der Waals surface area contributed by atoms with Gasteiger partial charge in [-0.25, -0.2) is 0 Å². The highest BCUT2D eigenvalue weighted by molar-refractivity contribution is 5.96. The molecule has 1 atom stereocenters. The summed E-state index contributed by atoms with van der Waals surface area (Å²) in [5.74, 6) is 0.322. The monoisotopic (exact) mass is 370 g/mol. The number of aryl methyl sites for hydroxylation is 2. The topological polar surface area (TPSA) is 78.7 Å². The van der Waals surface area contributed by atoms with E-state index in [0.29, 0.717) is 36.7 Å². The van der Waals surface area contributed by atoms with Crippen molar-refractivity contribution in [3.63, 3.8) is 0 Å². The van der Waals surface area contributed by atoms with E-state index < -0.39 is 0 Å². The first-order valence-electron chi connectivity index (χ1n) is 9.23. The van der Waals surface area contributed by atoms with Gasteiger partial charge in [0.2, 0.25) is 5.91 Å². The zero-order chi connectivity index (χ0) is 19.4. The molecule has 1 saturated heterocycles. The Balaban J connectivity index is 1.71. The van der Waals surface area contributed by atoms with E-state index in [9.17, 15) is 9.59 Å². The Bertz CT molecular complexity index is 783. The van der Waals surface area contributed by atoms with Gasteiger partial charge >= 0.3 is 0 Å². The Labute approximate surface area is 159 Å². The lowest BCUT2D eigenvalue weighted by Gasteiger charge is -2.40. The van der Waals surface area contributed by atoms with Crippen LogP contribution in [-0.2, 0) is 11.2 Å². The molecule has 0 spiro atoms. The molecule has 27 heavy (non-hydrogen) atoms. The number of hydrogen-bond acceptors (Lipinski definition) is 5. The molecule has 2 heterocycles. The maximum atomic E-state index is 12.9. The van der Waals surface area contributed by atoms with Crippen LogP contribution >= 0.6 is 0 Å². The summed E-state index contributed by atoms with van der Waals surface area (Å²) < 4.78 is 5.12. The van der Waals surface area contributed by atoms with Gasteiger partial charge in [0.25, 0.3) is 5.91 Å². The van der Waals surface area contributed by atoms with Crippen molar-refractivity contribution in [1.29, 1.82) is 0 Å². The van der Waals surface area contributed by atoms with Crippen molar-refractivity contribution in [3.8, 4) is 0 Å². The van der Waals surface area contributed by atoms with E-state index in [4.69, 9.17) is 4.52 Å². The zero-order valence-electron chi connectivity index (χ0n) is 16.1. The normalized spacial score (nSPS) is 17.7. The Kier molecular flexibility index (Phi) is 5.91. The molecule has 7 nitrogen and oxygen atoms in total. The summed E-state index contributed by atoms with van der Waals surface area (Å²) in [6.07, 6.45) is 0.867. The van der Waals surface area contributed by atoms with Crippen molar-refractivity contribution in [2.75, 3.05) is 33.2 Å². The van der Waals surface area contributed by atoms with E-state index in [1.807, 2.05) is 18.2 Å². The first-order chi connectivity index (χ1) is 13.0. The van der Waals surface area contributed by atoms with Crippen molar-refractivity contribution in [3.05, 3.63) is 52.9 Å². The molecule has 1 aliphatic heterocycles. The van der Waals surface area contributed by atoms with Crippen LogP contribution in [0.3, 0.4) is 0 Å². The molecule has 0 radical (unpaired) electrons. The summed E-state index contributed by atoms with van der Waals surface area (Å²) in [6, 6.07) is 9.85. The SMILES string of the molecule is CNC(=O)[C@H]1CN(C(=O)c2c(C)noc2C)CCN1CCc1ccccc1. The number of aromatic nitrogens is 1. The van der Waals surface area contributed by atoms with Crippen molar-refractivity contribution in [2.45, 2.75) is 26.3 Å². The van der Waals surface area contributed by atoms with Crippen LogP contribution in [0.1, 0.15) is 27.4 Å². The molecule has 1 aromatic heterocycles. The third kappa shape index (κ3) is 4.19. The van der Waals surface area contributed by atoms with Gasteiger partial charge < -0.3 is 14.7 Å². The van der Waals surface area contributed by atoms with E-state index in [2.05, 4.69) is 27.5 Å². The highest BCUT2D eigenvalue weighted by Gasteiger charge is 2.35. The quantitative estimate of drug-likeness (QED) is 0.861. The van der Waals surface area contributed by atoms with Crippen LogP contribution in [0.2, 0.25) is 0 Å². The first-order valence-corrected chi connectivity index (χ1v) is 9.23.